The topological polar surface area (TPSA) is 54.4 Å². The van der Waals surface area contributed by atoms with Gasteiger partial charge in [-0.1, -0.05) is 13.8 Å². The molecule has 7 atom stereocenters. The number of aliphatic hydroxyl groups is 1. The lowest BCUT2D eigenvalue weighted by atomic mass is 9.44. The summed E-state index contributed by atoms with van der Waals surface area (Å²) in [6.45, 7) is 6.20. The first-order chi connectivity index (χ1) is 11.2. The molecule has 0 heterocycles. The summed E-state index contributed by atoms with van der Waals surface area (Å²) in [5, 5.41) is 11.2. The van der Waals surface area contributed by atoms with Gasteiger partial charge in [0.1, 0.15) is 11.4 Å². The second kappa shape index (κ2) is 5.16. The molecule has 3 nitrogen and oxygen atoms in total. The highest BCUT2D eigenvalue weighted by molar-refractivity contribution is 5.86. The number of rotatable bonds is 1. The van der Waals surface area contributed by atoms with Gasteiger partial charge in [-0.2, -0.15) is 0 Å². The van der Waals surface area contributed by atoms with Crippen molar-refractivity contribution in [2.75, 3.05) is 0 Å². The molecule has 0 radical (unpaired) electrons. The van der Waals surface area contributed by atoms with Gasteiger partial charge in [0.25, 0.3) is 0 Å². The largest absolute Gasteiger partial charge is 0.382 e. The van der Waals surface area contributed by atoms with E-state index < -0.39 is 5.60 Å². The maximum absolute atomic E-state index is 12.2. The van der Waals surface area contributed by atoms with Crippen LogP contribution >= 0.6 is 0 Å². The molecule has 0 aromatic rings. The van der Waals surface area contributed by atoms with Crippen molar-refractivity contribution < 1.29 is 14.7 Å². The summed E-state index contributed by atoms with van der Waals surface area (Å²) < 4.78 is 0. The molecule has 4 fully saturated rings. The highest BCUT2D eigenvalue weighted by Crippen LogP contribution is 2.68. The molecule has 3 heteroatoms. The first-order valence-electron chi connectivity index (χ1n) is 9.97. The SMILES string of the molecule is CC(=O)[C@@]1(O)CC[C@H]2[C@@H]3CC[C@H]4CC(=O)CCC4(C)[C@H]3CCC21C. The molecule has 134 valence electrons. The van der Waals surface area contributed by atoms with E-state index in [9.17, 15) is 14.7 Å². The van der Waals surface area contributed by atoms with Crippen molar-refractivity contribution in [1.29, 1.82) is 0 Å². The molecule has 0 aromatic carbocycles. The molecule has 0 bridgehead atoms. The van der Waals surface area contributed by atoms with Gasteiger partial charge in [-0.05, 0) is 81.0 Å². The third-order valence-corrected chi connectivity index (χ3v) is 9.22. The molecule has 0 aromatic heterocycles. The van der Waals surface area contributed by atoms with E-state index in [1.54, 1.807) is 6.92 Å². The summed E-state index contributed by atoms with van der Waals surface area (Å²) in [7, 11) is 0. The van der Waals surface area contributed by atoms with E-state index in [1.165, 1.54) is 6.42 Å². The average molecular weight is 332 g/mol. The lowest BCUT2D eigenvalue weighted by molar-refractivity contribution is -0.169. The van der Waals surface area contributed by atoms with Gasteiger partial charge in [0.2, 0.25) is 0 Å². The standard InChI is InChI=1S/C21H32O3/c1-13(22)21(24)11-8-18-16-5-4-14-12-15(23)6-9-19(14,2)17(16)7-10-20(18,21)3/h14,16-18,24H,4-12H2,1-3H3/t14-,16+,17-,18-,19?,20?,21-/m0/s1. The quantitative estimate of drug-likeness (QED) is 0.792. The number of fused-ring (bicyclic) bond motifs is 5. The molecule has 0 saturated heterocycles. The molecule has 4 aliphatic rings. The van der Waals surface area contributed by atoms with Gasteiger partial charge >= 0.3 is 0 Å². The molecule has 0 amide bonds. The fourth-order valence-electron chi connectivity index (χ4n) is 7.64. The van der Waals surface area contributed by atoms with Gasteiger partial charge in [-0.15, -0.1) is 0 Å². The maximum atomic E-state index is 12.2. The van der Waals surface area contributed by atoms with E-state index in [1.807, 2.05) is 0 Å². The minimum atomic E-state index is -1.11. The molecule has 4 aliphatic carbocycles. The molecule has 0 aliphatic heterocycles. The normalized spacial score (nSPS) is 53.9. The Bertz CT molecular complexity index is 584. The second-order valence-corrected chi connectivity index (χ2v) is 9.81. The molecule has 2 unspecified atom stereocenters. The summed E-state index contributed by atoms with van der Waals surface area (Å²) in [6, 6.07) is 0. The van der Waals surface area contributed by atoms with Crippen LogP contribution in [0.4, 0.5) is 0 Å². The van der Waals surface area contributed by atoms with Gasteiger partial charge in [0.15, 0.2) is 5.78 Å². The van der Waals surface area contributed by atoms with E-state index in [0.717, 1.165) is 44.9 Å². The molecule has 24 heavy (non-hydrogen) atoms. The highest BCUT2D eigenvalue weighted by Gasteiger charge is 2.65. The third kappa shape index (κ3) is 1.94. The third-order valence-electron chi connectivity index (χ3n) is 9.22. The van der Waals surface area contributed by atoms with E-state index in [2.05, 4.69) is 13.8 Å². The highest BCUT2D eigenvalue weighted by atomic mass is 16.3. The first kappa shape index (κ1) is 16.8. The summed E-state index contributed by atoms with van der Waals surface area (Å²) in [5.41, 5.74) is -1.05. The predicted molar refractivity (Wildman–Crippen MR) is 92.4 cm³/mol. The van der Waals surface area contributed by atoms with Crippen LogP contribution in [-0.2, 0) is 9.59 Å². The molecule has 1 N–H and O–H groups in total. The van der Waals surface area contributed by atoms with Crippen molar-refractivity contribution in [3.8, 4) is 0 Å². The average Bonchev–Trinajstić information content (AvgIpc) is 2.81. The van der Waals surface area contributed by atoms with Crippen LogP contribution in [0.2, 0.25) is 0 Å². The number of carbonyl (C=O) groups excluding carboxylic acids is 2. The molecular formula is C21H32O3. The van der Waals surface area contributed by atoms with Crippen LogP contribution < -0.4 is 0 Å². The maximum Gasteiger partial charge on any atom is 0.161 e. The summed E-state index contributed by atoms with van der Waals surface area (Å²) in [6.07, 6.45) is 8.67. The van der Waals surface area contributed by atoms with E-state index >= 15 is 0 Å². The van der Waals surface area contributed by atoms with Gasteiger partial charge < -0.3 is 5.11 Å². The van der Waals surface area contributed by atoms with Crippen LogP contribution in [0.3, 0.4) is 0 Å². The molecular weight excluding hydrogens is 300 g/mol. The van der Waals surface area contributed by atoms with Crippen molar-refractivity contribution in [1.82, 2.24) is 0 Å². The first-order valence-corrected chi connectivity index (χ1v) is 9.97. The van der Waals surface area contributed by atoms with Crippen LogP contribution in [0.5, 0.6) is 0 Å². The smallest absolute Gasteiger partial charge is 0.161 e. The Morgan fingerprint density at radius 2 is 1.75 bits per heavy atom. The number of Topliss-reactive ketones (excluding diaryl/α,β-unsaturated/α-hetero) is 2. The number of hydrogen-bond donors (Lipinski definition) is 1. The zero-order valence-corrected chi connectivity index (χ0v) is 15.4. The Morgan fingerprint density at radius 3 is 2.46 bits per heavy atom. The fraction of sp³-hybridized carbons (Fsp3) is 0.905. The van der Waals surface area contributed by atoms with Crippen molar-refractivity contribution in [2.45, 2.75) is 84.2 Å². The van der Waals surface area contributed by atoms with Gasteiger partial charge in [-0.25, -0.2) is 0 Å². The number of ketones is 2. The van der Waals surface area contributed by atoms with E-state index in [4.69, 9.17) is 0 Å². The minimum absolute atomic E-state index is 0.0332. The predicted octanol–water partition coefficient (Wildman–Crippen LogP) is 3.92. The minimum Gasteiger partial charge on any atom is -0.382 e. The van der Waals surface area contributed by atoms with Crippen molar-refractivity contribution >= 4 is 11.6 Å². The lowest BCUT2D eigenvalue weighted by Crippen LogP contribution is -2.58. The van der Waals surface area contributed by atoms with Crippen molar-refractivity contribution in [3.05, 3.63) is 0 Å². The van der Waals surface area contributed by atoms with Crippen molar-refractivity contribution in [2.24, 2.45) is 34.5 Å². The van der Waals surface area contributed by atoms with E-state index in [-0.39, 0.29) is 11.2 Å². The van der Waals surface area contributed by atoms with Gasteiger partial charge in [-0.3, -0.25) is 9.59 Å². The van der Waals surface area contributed by atoms with Crippen LogP contribution in [0.25, 0.3) is 0 Å². The van der Waals surface area contributed by atoms with Crippen LogP contribution in [-0.4, -0.2) is 22.3 Å². The zero-order chi connectivity index (χ0) is 17.3. The Balaban J connectivity index is 1.66. The Hall–Kier alpha value is -0.700. The fourth-order valence-corrected chi connectivity index (χ4v) is 7.64. The van der Waals surface area contributed by atoms with Gasteiger partial charge in [0.05, 0.1) is 0 Å². The Kier molecular flexibility index (Phi) is 3.60. The Labute approximate surface area is 145 Å². The second-order valence-electron chi connectivity index (χ2n) is 9.81. The summed E-state index contributed by atoms with van der Waals surface area (Å²) in [5.74, 6) is 2.78. The lowest BCUT2D eigenvalue weighted by Gasteiger charge is -2.60. The summed E-state index contributed by atoms with van der Waals surface area (Å²) in [4.78, 5) is 24.2. The molecule has 4 rings (SSSR count). The zero-order valence-electron chi connectivity index (χ0n) is 15.4. The van der Waals surface area contributed by atoms with Crippen molar-refractivity contribution in [3.63, 3.8) is 0 Å². The number of hydrogen-bond acceptors (Lipinski definition) is 3. The van der Waals surface area contributed by atoms with Crippen LogP contribution in [0, 0.1) is 34.5 Å². The van der Waals surface area contributed by atoms with Gasteiger partial charge in [0, 0.05) is 18.3 Å². The Morgan fingerprint density at radius 1 is 1.04 bits per heavy atom. The molecule has 4 saturated carbocycles. The molecule has 0 spiro atoms. The summed E-state index contributed by atoms with van der Waals surface area (Å²) >= 11 is 0. The monoisotopic (exact) mass is 332 g/mol. The van der Waals surface area contributed by atoms with E-state index in [0.29, 0.717) is 41.3 Å². The number of carbonyl (C=O) groups is 2. The van der Waals surface area contributed by atoms with Crippen LogP contribution in [0.15, 0.2) is 0 Å². The van der Waals surface area contributed by atoms with Crippen LogP contribution in [0.1, 0.15) is 78.6 Å².